The van der Waals surface area contributed by atoms with Gasteiger partial charge in [0, 0.05) is 48.7 Å². The van der Waals surface area contributed by atoms with Crippen molar-refractivity contribution in [2.45, 2.75) is 70.9 Å². The number of benzene rings is 2. The van der Waals surface area contributed by atoms with Crippen LogP contribution < -0.4 is 0 Å². The summed E-state index contributed by atoms with van der Waals surface area (Å²) in [5.41, 5.74) is 3.13. The van der Waals surface area contributed by atoms with E-state index in [-0.39, 0.29) is 29.2 Å². The molecule has 2 aliphatic rings. The molecule has 1 amide bonds. The maximum Gasteiger partial charge on any atom is 0.227 e. The minimum atomic E-state index is -0.611. The zero-order chi connectivity index (χ0) is 26.4. The fourth-order valence-corrected chi connectivity index (χ4v) is 5.97. The molecule has 2 saturated heterocycles. The lowest BCUT2D eigenvalue weighted by Gasteiger charge is -2.36. The monoisotopic (exact) mass is 518 g/mol. The van der Waals surface area contributed by atoms with Crippen LogP contribution in [0.4, 0.5) is 8.78 Å². The van der Waals surface area contributed by atoms with Crippen LogP contribution in [0.2, 0.25) is 5.02 Å². The van der Waals surface area contributed by atoms with Crippen LogP contribution in [0.5, 0.6) is 0 Å². The van der Waals surface area contributed by atoms with Crippen LogP contribution in [-0.2, 0) is 4.79 Å². The van der Waals surface area contributed by atoms with Crippen LogP contribution in [0.1, 0.15) is 80.7 Å². The normalized spacial score (nSPS) is 22.8. The van der Waals surface area contributed by atoms with Gasteiger partial charge in [-0.05, 0) is 87.8 Å². The van der Waals surface area contributed by atoms with E-state index in [0.717, 1.165) is 35.6 Å². The summed E-state index contributed by atoms with van der Waals surface area (Å²) < 4.78 is 28.4. The summed E-state index contributed by atoms with van der Waals surface area (Å²) in [5.74, 6) is -1.67. The zero-order valence-electron chi connectivity index (χ0n) is 21.8. The number of carbonyl (C=O) groups is 1. The lowest BCUT2D eigenvalue weighted by Crippen LogP contribution is -2.44. The van der Waals surface area contributed by atoms with Crippen molar-refractivity contribution < 1.29 is 18.7 Å². The third-order valence-corrected chi connectivity index (χ3v) is 8.42. The van der Waals surface area contributed by atoms with Gasteiger partial charge in [0.2, 0.25) is 5.91 Å². The van der Waals surface area contributed by atoms with Crippen molar-refractivity contribution in [3.8, 4) is 0 Å². The van der Waals surface area contributed by atoms with Gasteiger partial charge in [-0.25, -0.2) is 8.78 Å². The number of halogens is 3. The fraction of sp³-hybridized carbons (Fsp3) is 0.552. The molecule has 3 atom stereocenters. The number of nitrogens with zero attached hydrogens (tertiary/aromatic N) is 2. The van der Waals surface area contributed by atoms with E-state index in [4.69, 9.17) is 11.6 Å². The minimum Gasteiger partial charge on any atom is -0.389 e. The van der Waals surface area contributed by atoms with Crippen molar-refractivity contribution in [1.29, 1.82) is 0 Å². The van der Waals surface area contributed by atoms with Gasteiger partial charge in [0.05, 0.1) is 12.0 Å². The molecule has 4 nitrogen and oxygen atoms in total. The molecule has 196 valence electrons. The highest BCUT2D eigenvalue weighted by molar-refractivity contribution is 6.31. The topological polar surface area (TPSA) is 43.8 Å². The predicted molar refractivity (Wildman–Crippen MR) is 139 cm³/mol. The second kappa shape index (κ2) is 10.4. The number of aryl methyl sites for hydroxylation is 1. The number of rotatable bonds is 4. The van der Waals surface area contributed by atoms with Gasteiger partial charge >= 0.3 is 0 Å². The van der Waals surface area contributed by atoms with E-state index < -0.39 is 17.7 Å². The summed E-state index contributed by atoms with van der Waals surface area (Å²) in [7, 11) is 0. The lowest BCUT2D eigenvalue weighted by atomic mass is 9.83. The van der Waals surface area contributed by atoms with Gasteiger partial charge in [-0.2, -0.15) is 0 Å². The van der Waals surface area contributed by atoms with Crippen molar-refractivity contribution >= 4 is 17.5 Å². The second-order valence-electron chi connectivity index (χ2n) is 11.5. The molecule has 0 aromatic heterocycles. The Bertz CT molecular complexity index is 1120. The number of hydrogen-bond acceptors (Lipinski definition) is 3. The smallest absolute Gasteiger partial charge is 0.227 e. The Labute approximate surface area is 218 Å². The van der Waals surface area contributed by atoms with Crippen LogP contribution in [0, 0.1) is 24.5 Å². The van der Waals surface area contributed by atoms with E-state index in [9.17, 15) is 18.7 Å². The number of amides is 1. The highest BCUT2D eigenvalue weighted by Crippen LogP contribution is 2.40. The van der Waals surface area contributed by atoms with Gasteiger partial charge in [-0.3, -0.25) is 9.69 Å². The number of hydrogen-bond donors (Lipinski definition) is 1. The van der Waals surface area contributed by atoms with Gasteiger partial charge in [0.25, 0.3) is 0 Å². The average Bonchev–Trinajstić information content (AvgIpc) is 3.26. The lowest BCUT2D eigenvalue weighted by molar-refractivity contribution is -0.136. The summed E-state index contributed by atoms with van der Waals surface area (Å²) in [6.07, 6.45) is 0.954. The third-order valence-electron chi connectivity index (χ3n) is 8.01. The highest BCUT2D eigenvalue weighted by atomic mass is 35.5. The first-order chi connectivity index (χ1) is 16.9. The molecule has 0 radical (unpaired) electrons. The molecule has 2 heterocycles. The van der Waals surface area contributed by atoms with Crippen molar-refractivity contribution in [2.24, 2.45) is 5.92 Å². The van der Waals surface area contributed by atoms with E-state index in [1.807, 2.05) is 24.0 Å². The summed E-state index contributed by atoms with van der Waals surface area (Å²) in [4.78, 5) is 17.9. The van der Waals surface area contributed by atoms with E-state index in [2.05, 4.69) is 25.7 Å². The molecule has 0 saturated carbocycles. The third kappa shape index (κ3) is 5.46. The van der Waals surface area contributed by atoms with Crippen LogP contribution >= 0.6 is 11.6 Å². The molecule has 7 heteroatoms. The molecule has 2 aromatic carbocycles. The van der Waals surface area contributed by atoms with Crippen molar-refractivity contribution in [3.63, 3.8) is 0 Å². The van der Waals surface area contributed by atoms with E-state index >= 15 is 0 Å². The largest absolute Gasteiger partial charge is 0.389 e. The zero-order valence-corrected chi connectivity index (χ0v) is 22.6. The second-order valence-corrected chi connectivity index (χ2v) is 11.9. The molecule has 4 rings (SSSR count). The number of piperidine rings is 1. The van der Waals surface area contributed by atoms with Gasteiger partial charge in [-0.1, -0.05) is 23.7 Å². The summed E-state index contributed by atoms with van der Waals surface area (Å²) in [6.45, 7) is 12.3. The van der Waals surface area contributed by atoms with Gasteiger partial charge in [0.15, 0.2) is 0 Å². The molecule has 1 unspecified atom stereocenters. The fourth-order valence-electron chi connectivity index (χ4n) is 5.80. The first-order valence-electron chi connectivity index (χ1n) is 12.8. The number of aliphatic hydroxyl groups excluding tert-OH is 1. The SMILES string of the molecule is Cc1cc([C@@H](C)O)c(C2CCN(C(=O)C3CN(C(C)(C)C)C[C@H]3c3ccc(F)cc3F)CC2)cc1Cl. The predicted octanol–water partition coefficient (Wildman–Crippen LogP) is 6.20. The quantitative estimate of drug-likeness (QED) is 0.524. The van der Waals surface area contributed by atoms with Crippen LogP contribution in [0.15, 0.2) is 30.3 Å². The maximum atomic E-state index is 14.8. The van der Waals surface area contributed by atoms with E-state index in [0.29, 0.717) is 36.8 Å². The molecule has 2 aromatic rings. The van der Waals surface area contributed by atoms with Crippen molar-refractivity contribution in [1.82, 2.24) is 9.80 Å². The molecule has 0 bridgehead atoms. The van der Waals surface area contributed by atoms with Gasteiger partial charge < -0.3 is 10.0 Å². The first-order valence-corrected chi connectivity index (χ1v) is 13.2. The number of aliphatic hydroxyl groups is 1. The Balaban J connectivity index is 1.53. The summed E-state index contributed by atoms with van der Waals surface area (Å²) in [6, 6.07) is 7.60. The molecule has 1 N–H and O–H groups in total. The molecule has 36 heavy (non-hydrogen) atoms. The maximum absolute atomic E-state index is 14.8. The Morgan fingerprint density at radius 1 is 1.08 bits per heavy atom. The molecule has 2 fully saturated rings. The Kier molecular flexibility index (Phi) is 7.80. The van der Waals surface area contributed by atoms with Gasteiger partial charge in [-0.15, -0.1) is 0 Å². The molecule has 0 aliphatic carbocycles. The molecule has 2 aliphatic heterocycles. The highest BCUT2D eigenvalue weighted by Gasteiger charge is 2.44. The van der Waals surface area contributed by atoms with E-state index in [1.54, 1.807) is 6.92 Å². The minimum absolute atomic E-state index is 0.0339. The average molecular weight is 519 g/mol. The van der Waals surface area contributed by atoms with Crippen molar-refractivity contribution in [2.75, 3.05) is 26.2 Å². The molecular formula is C29H37ClF2N2O2. The Morgan fingerprint density at radius 2 is 1.75 bits per heavy atom. The standard InChI is InChI=1S/C29H37ClF2N2O2/c1-17-12-22(18(2)35)23(14-26(17)30)19-8-10-33(11-9-19)28(36)25-16-34(29(3,4)5)15-24(25)21-7-6-20(31)13-27(21)32/h6-7,12-14,18-19,24-25,35H,8-11,15-16H2,1-5H3/t18-,24+,25?/m1/s1. The Hall–Kier alpha value is -2.02. The first kappa shape index (κ1) is 27.0. The molecule has 0 spiro atoms. The van der Waals surface area contributed by atoms with Crippen LogP contribution in [0.25, 0.3) is 0 Å². The van der Waals surface area contributed by atoms with E-state index in [1.165, 1.54) is 12.1 Å². The molecular weight excluding hydrogens is 482 g/mol. The number of likely N-dealkylation sites (tertiary alicyclic amines) is 2. The number of carbonyl (C=O) groups excluding carboxylic acids is 1. The Morgan fingerprint density at radius 3 is 2.33 bits per heavy atom. The van der Waals surface area contributed by atoms with Crippen LogP contribution in [-0.4, -0.2) is 52.5 Å². The van der Waals surface area contributed by atoms with Crippen LogP contribution in [0.3, 0.4) is 0 Å². The van der Waals surface area contributed by atoms with Gasteiger partial charge in [0.1, 0.15) is 11.6 Å². The van der Waals surface area contributed by atoms with Crippen molar-refractivity contribution in [3.05, 3.63) is 69.2 Å². The summed E-state index contributed by atoms with van der Waals surface area (Å²) in [5, 5.41) is 11.0. The summed E-state index contributed by atoms with van der Waals surface area (Å²) >= 11 is 6.42.